The zero-order valence-electron chi connectivity index (χ0n) is 19.3. The van der Waals surface area contributed by atoms with Crippen LogP contribution in [-0.2, 0) is 16.1 Å². The van der Waals surface area contributed by atoms with Crippen molar-refractivity contribution in [2.75, 3.05) is 13.1 Å². The first-order valence-corrected chi connectivity index (χ1v) is 11.8. The van der Waals surface area contributed by atoms with E-state index in [9.17, 15) is 4.79 Å². The Morgan fingerprint density at radius 1 is 1.19 bits per heavy atom. The third-order valence-electron chi connectivity index (χ3n) is 6.76. The summed E-state index contributed by atoms with van der Waals surface area (Å²) in [6.45, 7) is 8.27. The second kappa shape index (κ2) is 10.4. The van der Waals surface area contributed by atoms with Crippen LogP contribution < -0.4 is 0 Å². The Morgan fingerprint density at radius 3 is 2.66 bits per heavy atom. The molecule has 1 saturated heterocycles. The van der Waals surface area contributed by atoms with E-state index in [4.69, 9.17) is 14.0 Å². The molecule has 2 aromatic rings. The van der Waals surface area contributed by atoms with Crippen LogP contribution in [0.5, 0.6) is 0 Å². The van der Waals surface area contributed by atoms with Crippen LogP contribution in [0.25, 0.3) is 11.4 Å². The number of nitrogens with zero attached hydrogens (tertiary/aromatic N) is 4. The number of hydrogen-bond acceptors (Lipinski definition) is 7. The van der Waals surface area contributed by atoms with Crippen LogP contribution in [0.2, 0.25) is 0 Å². The lowest BCUT2D eigenvalue weighted by Gasteiger charge is -2.38. The van der Waals surface area contributed by atoms with Crippen LogP contribution in [0.3, 0.4) is 0 Å². The fraction of sp³-hybridized carbons (Fsp3) is 0.667. The summed E-state index contributed by atoms with van der Waals surface area (Å²) < 4.78 is 17.3. The summed E-state index contributed by atoms with van der Waals surface area (Å²) in [5, 5.41) is 4.00. The molecular weight excluding hydrogens is 408 g/mol. The predicted octanol–water partition coefficient (Wildman–Crippen LogP) is 4.71. The lowest BCUT2D eigenvalue weighted by molar-refractivity contribution is -0.0332. The molecule has 1 aliphatic heterocycles. The van der Waals surface area contributed by atoms with Crippen LogP contribution >= 0.6 is 0 Å². The maximum Gasteiger partial charge on any atom is 0.410 e. The predicted molar refractivity (Wildman–Crippen MR) is 119 cm³/mol. The number of likely N-dealkylation sites (tertiary alicyclic amines) is 1. The summed E-state index contributed by atoms with van der Waals surface area (Å²) in [6.07, 6.45) is 8.20. The van der Waals surface area contributed by atoms with Gasteiger partial charge in [0.05, 0.1) is 6.10 Å². The second-order valence-corrected chi connectivity index (χ2v) is 9.49. The molecule has 0 N–H and O–H groups in total. The average molecular weight is 443 g/mol. The molecule has 2 aromatic heterocycles. The Hall–Kier alpha value is -2.48. The summed E-state index contributed by atoms with van der Waals surface area (Å²) in [5.74, 6) is 2.58. The fourth-order valence-corrected chi connectivity index (χ4v) is 4.78. The Balaban J connectivity index is 1.22. The Morgan fingerprint density at radius 2 is 1.94 bits per heavy atom. The van der Waals surface area contributed by atoms with Gasteiger partial charge >= 0.3 is 6.09 Å². The molecule has 8 nitrogen and oxygen atoms in total. The smallest absolute Gasteiger partial charge is 0.410 e. The van der Waals surface area contributed by atoms with Gasteiger partial charge in [-0.1, -0.05) is 32.3 Å². The number of ether oxygens (including phenoxy) is 2. The first-order valence-electron chi connectivity index (χ1n) is 11.8. The number of carbonyl (C=O) groups excluding carboxylic acids is 1. The van der Waals surface area contributed by atoms with Gasteiger partial charge in [0.15, 0.2) is 0 Å². The molecule has 1 aliphatic carbocycles. The van der Waals surface area contributed by atoms with E-state index in [-0.39, 0.29) is 24.9 Å². The highest BCUT2D eigenvalue weighted by Crippen LogP contribution is 2.35. The van der Waals surface area contributed by atoms with Gasteiger partial charge in [-0.25, -0.2) is 4.79 Å². The molecule has 2 fully saturated rings. The molecule has 32 heavy (non-hydrogen) atoms. The van der Waals surface area contributed by atoms with Crippen LogP contribution in [-0.4, -0.2) is 51.4 Å². The average Bonchev–Trinajstić information content (AvgIpc) is 3.27. The van der Waals surface area contributed by atoms with Gasteiger partial charge in [-0.3, -0.25) is 4.98 Å². The largest absolute Gasteiger partial charge is 0.446 e. The summed E-state index contributed by atoms with van der Waals surface area (Å²) in [6, 6.07) is 3.67. The van der Waals surface area contributed by atoms with Crippen molar-refractivity contribution in [3.05, 3.63) is 30.4 Å². The quantitative estimate of drug-likeness (QED) is 0.640. The second-order valence-electron chi connectivity index (χ2n) is 9.49. The van der Waals surface area contributed by atoms with E-state index in [1.807, 2.05) is 17.0 Å². The van der Waals surface area contributed by atoms with E-state index in [2.05, 4.69) is 35.9 Å². The van der Waals surface area contributed by atoms with Crippen molar-refractivity contribution in [2.24, 2.45) is 17.8 Å². The molecule has 8 heteroatoms. The van der Waals surface area contributed by atoms with Gasteiger partial charge in [0, 0.05) is 31.0 Å². The summed E-state index contributed by atoms with van der Waals surface area (Å²) >= 11 is 0. The van der Waals surface area contributed by atoms with Gasteiger partial charge in [0.25, 0.3) is 5.89 Å². The van der Waals surface area contributed by atoms with Gasteiger partial charge in [-0.05, 0) is 55.6 Å². The van der Waals surface area contributed by atoms with Crippen LogP contribution in [0.15, 0.2) is 29.0 Å². The minimum atomic E-state index is -0.174. The first-order chi connectivity index (χ1) is 15.5. The highest BCUT2D eigenvalue weighted by molar-refractivity contribution is 5.68. The molecule has 3 atom stereocenters. The molecule has 0 unspecified atom stereocenters. The third kappa shape index (κ3) is 5.65. The summed E-state index contributed by atoms with van der Waals surface area (Å²) in [4.78, 5) is 23.0. The van der Waals surface area contributed by atoms with Crippen molar-refractivity contribution in [3.8, 4) is 11.4 Å². The standard InChI is InChI=1S/C24H34N4O4/c1-16(2)20-5-4-17(3)14-21(20)31-24(29)28-12-8-19(9-13-28)30-15-22-26-23(27-32-22)18-6-10-25-11-7-18/h6-7,10-11,16-17,19-21H,4-5,8-9,12-15H2,1-3H3/t17-,20+,21-/m1/s1. The van der Waals surface area contributed by atoms with Gasteiger partial charge in [-0.15, -0.1) is 0 Å². The van der Waals surface area contributed by atoms with Crippen molar-refractivity contribution < 1.29 is 18.8 Å². The van der Waals surface area contributed by atoms with Gasteiger partial charge in [-0.2, -0.15) is 4.98 Å². The highest BCUT2D eigenvalue weighted by Gasteiger charge is 2.35. The molecule has 1 amide bonds. The number of rotatable bonds is 6. The maximum atomic E-state index is 12.8. The third-order valence-corrected chi connectivity index (χ3v) is 6.76. The molecule has 3 heterocycles. The summed E-state index contributed by atoms with van der Waals surface area (Å²) in [7, 11) is 0. The maximum absolute atomic E-state index is 12.8. The zero-order valence-corrected chi connectivity index (χ0v) is 19.3. The van der Waals surface area contributed by atoms with Crippen molar-refractivity contribution in [1.82, 2.24) is 20.0 Å². The van der Waals surface area contributed by atoms with E-state index >= 15 is 0 Å². The number of carbonyl (C=O) groups is 1. The highest BCUT2D eigenvalue weighted by atomic mass is 16.6. The first kappa shape index (κ1) is 22.7. The minimum Gasteiger partial charge on any atom is -0.446 e. The fourth-order valence-electron chi connectivity index (χ4n) is 4.78. The van der Waals surface area contributed by atoms with Crippen molar-refractivity contribution in [1.29, 1.82) is 0 Å². The van der Waals surface area contributed by atoms with E-state index < -0.39 is 0 Å². The van der Waals surface area contributed by atoms with Gasteiger partial charge < -0.3 is 18.9 Å². The molecular formula is C24H34N4O4. The minimum absolute atomic E-state index is 0.0346. The SMILES string of the molecule is CC(C)[C@@H]1CC[C@@H](C)C[C@H]1OC(=O)N1CCC(OCc2nc(-c3ccncc3)no2)CC1. The van der Waals surface area contributed by atoms with E-state index in [0.29, 0.717) is 42.6 Å². The number of amides is 1. The normalized spacial score (nSPS) is 24.6. The molecule has 1 saturated carbocycles. The Bertz CT molecular complexity index is 864. The van der Waals surface area contributed by atoms with Crippen LogP contribution in [0, 0.1) is 17.8 Å². The lowest BCUT2D eigenvalue weighted by atomic mass is 9.75. The molecule has 2 aliphatic rings. The van der Waals surface area contributed by atoms with Gasteiger partial charge in [0.2, 0.25) is 5.82 Å². The van der Waals surface area contributed by atoms with E-state index in [0.717, 1.165) is 31.2 Å². The molecule has 0 radical (unpaired) electrons. The summed E-state index contributed by atoms with van der Waals surface area (Å²) in [5.41, 5.74) is 0.855. The lowest BCUT2D eigenvalue weighted by Crippen LogP contribution is -2.44. The van der Waals surface area contributed by atoms with Crippen molar-refractivity contribution in [2.45, 2.75) is 71.7 Å². The Kier molecular flexibility index (Phi) is 7.40. The van der Waals surface area contributed by atoms with Crippen LogP contribution in [0.4, 0.5) is 4.79 Å². The molecule has 0 aromatic carbocycles. The molecule has 4 rings (SSSR count). The number of hydrogen-bond donors (Lipinski definition) is 0. The number of pyridine rings is 1. The number of aromatic nitrogens is 3. The molecule has 0 spiro atoms. The zero-order chi connectivity index (χ0) is 22.5. The molecule has 0 bridgehead atoms. The monoisotopic (exact) mass is 442 g/mol. The van der Waals surface area contributed by atoms with Crippen molar-refractivity contribution in [3.63, 3.8) is 0 Å². The molecule has 174 valence electrons. The van der Waals surface area contributed by atoms with Gasteiger partial charge in [0.1, 0.15) is 12.7 Å². The van der Waals surface area contributed by atoms with Crippen LogP contribution in [0.1, 0.15) is 58.8 Å². The Labute approximate surface area is 189 Å². The number of piperidine rings is 1. The topological polar surface area (TPSA) is 90.6 Å². The van der Waals surface area contributed by atoms with Crippen molar-refractivity contribution >= 4 is 6.09 Å². The van der Waals surface area contributed by atoms with E-state index in [1.54, 1.807) is 12.4 Å². The van der Waals surface area contributed by atoms with E-state index in [1.165, 1.54) is 6.42 Å².